The molecule has 1 aromatic heterocycles. The Morgan fingerprint density at radius 3 is 2.49 bits per heavy atom. The Balaban J connectivity index is 1.24. The van der Waals surface area contributed by atoms with E-state index in [1.165, 1.54) is 4.90 Å². The highest BCUT2D eigenvalue weighted by molar-refractivity contribution is 7.91. The second kappa shape index (κ2) is 14.7. The molecule has 3 aliphatic carbocycles. The maximum atomic E-state index is 14.8. The van der Waals surface area contributed by atoms with Gasteiger partial charge in [-0.05, 0) is 74.3 Å². The Hall–Kier alpha value is -4.21. The van der Waals surface area contributed by atoms with Crippen LogP contribution in [0.25, 0.3) is 11.0 Å². The van der Waals surface area contributed by atoms with Gasteiger partial charge in [-0.1, -0.05) is 53.9 Å². The largest absolute Gasteiger partial charge is 0.497 e. The standard InChI is InChI=1S/C39H54N6O9S/c1-7-23-19-39(23,36(48)44-55(50,51)25-14-15-25)43-33(46)31-21(2)30-20-45(31)35(47)32(38(3,4)5)42-37(49)54-29-17-22(29)11-9-8-10-12-27-34(53-30)41-28-18-24(52-6)13-16-26(28)40-27/h13,16,18,21-23,25,29-32H,7-12,14-15,17,19-20H2,1-6H3,(H,42,49)(H,43,46)(H,44,48)/t21-,22?,23-,29-,30+,31+,32-,39-/m1/s1. The monoisotopic (exact) mass is 782 g/mol. The van der Waals surface area contributed by atoms with E-state index < -0.39 is 74.1 Å². The van der Waals surface area contributed by atoms with E-state index in [4.69, 9.17) is 24.2 Å². The number of methoxy groups -OCH3 is 1. The number of amides is 4. The number of carbonyl (C=O) groups excluding carboxylic acids is 4. The molecule has 55 heavy (non-hydrogen) atoms. The number of alkyl carbamates (subject to hydrolysis) is 1. The smallest absolute Gasteiger partial charge is 0.408 e. The Morgan fingerprint density at radius 1 is 1.05 bits per heavy atom. The number of rotatable bonds is 7. The van der Waals surface area contributed by atoms with Crippen molar-refractivity contribution in [2.45, 2.75) is 134 Å². The van der Waals surface area contributed by atoms with Gasteiger partial charge in [-0.25, -0.2) is 23.2 Å². The van der Waals surface area contributed by atoms with Crippen LogP contribution in [0, 0.1) is 23.2 Å². The molecule has 3 saturated carbocycles. The van der Waals surface area contributed by atoms with Gasteiger partial charge >= 0.3 is 6.09 Å². The molecule has 15 nitrogen and oxygen atoms in total. The van der Waals surface area contributed by atoms with E-state index in [1.54, 1.807) is 20.1 Å². The molecule has 0 spiro atoms. The van der Waals surface area contributed by atoms with Crippen molar-refractivity contribution in [3.05, 3.63) is 23.9 Å². The fourth-order valence-corrected chi connectivity index (χ4v) is 9.59. The van der Waals surface area contributed by atoms with Crippen LogP contribution in [0.3, 0.4) is 0 Å². The van der Waals surface area contributed by atoms with Crippen LogP contribution >= 0.6 is 0 Å². The third-order valence-corrected chi connectivity index (χ3v) is 13.9. The molecule has 8 atom stereocenters. The minimum absolute atomic E-state index is 0.0319. The highest BCUT2D eigenvalue weighted by Gasteiger charge is 2.63. The van der Waals surface area contributed by atoms with Gasteiger partial charge in [0.05, 0.1) is 29.9 Å². The number of nitrogens with zero attached hydrogens (tertiary/aromatic N) is 3. The Morgan fingerprint density at radius 2 is 1.82 bits per heavy atom. The van der Waals surface area contributed by atoms with Crippen LogP contribution in [0.1, 0.15) is 98.1 Å². The summed E-state index contributed by atoms with van der Waals surface area (Å²) >= 11 is 0. The summed E-state index contributed by atoms with van der Waals surface area (Å²) in [6.07, 6.45) is 5.09. The summed E-state index contributed by atoms with van der Waals surface area (Å²) in [5.74, 6) is -1.64. The lowest BCUT2D eigenvalue weighted by Crippen LogP contribution is -2.61. The first-order valence-corrected chi connectivity index (χ1v) is 21.3. The molecular formula is C39H54N6O9S. The van der Waals surface area contributed by atoms with Gasteiger partial charge in [0, 0.05) is 12.0 Å². The van der Waals surface area contributed by atoms with E-state index in [0.717, 1.165) is 32.1 Å². The molecule has 2 aromatic rings. The molecule has 1 saturated heterocycles. The first-order valence-electron chi connectivity index (χ1n) is 19.7. The summed E-state index contributed by atoms with van der Waals surface area (Å²) in [6.45, 7) is 9.12. The van der Waals surface area contributed by atoms with Gasteiger partial charge in [-0.3, -0.25) is 19.1 Å². The molecule has 300 valence electrons. The number of fused-ring (bicyclic) bond motifs is 5. The Bertz CT molecular complexity index is 1970. The SMILES string of the molecule is CC[C@@H]1C[C@]1(NC(=O)[C@@H]1[C@H](C)[C@@H]2CN1C(=O)[C@H](C(C)(C)C)NC(=O)O[C@@H]1CC1CCCCCc1nc3ccc(OC)cc3nc1O2)C(=O)NS(=O)(=O)C1CC1. The molecule has 2 bridgehead atoms. The van der Waals surface area contributed by atoms with Crippen LogP contribution in [-0.4, -0.2) is 95.8 Å². The van der Waals surface area contributed by atoms with E-state index in [-0.39, 0.29) is 30.9 Å². The third-order valence-electron chi connectivity index (χ3n) is 12.0. The van der Waals surface area contributed by atoms with Crippen molar-refractivity contribution in [2.75, 3.05) is 13.7 Å². The predicted octanol–water partition coefficient (Wildman–Crippen LogP) is 3.77. The van der Waals surface area contributed by atoms with E-state index in [0.29, 0.717) is 54.0 Å². The van der Waals surface area contributed by atoms with E-state index in [2.05, 4.69) is 15.4 Å². The topological polar surface area (TPSA) is 195 Å². The molecule has 0 radical (unpaired) electrons. The maximum absolute atomic E-state index is 14.8. The zero-order chi connectivity index (χ0) is 39.4. The van der Waals surface area contributed by atoms with Gasteiger partial charge in [-0.15, -0.1) is 0 Å². The number of aryl methyl sites for hydroxylation is 1. The van der Waals surface area contributed by atoms with Gasteiger partial charge < -0.3 is 29.7 Å². The van der Waals surface area contributed by atoms with E-state index in [9.17, 15) is 27.6 Å². The lowest BCUT2D eigenvalue weighted by Gasteiger charge is -2.36. The summed E-state index contributed by atoms with van der Waals surface area (Å²) in [6, 6.07) is 3.23. The van der Waals surface area contributed by atoms with Crippen molar-refractivity contribution in [3.63, 3.8) is 0 Å². The second-order valence-corrected chi connectivity index (χ2v) is 19.2. The second-order valence-electron chi connectivity index (χ2n) is 17.2. The molecule has 4 fully saturated rings. The van der Waals surface area contributed by atoms with Crippen LogP contribution in [0.5, 0.6) is 11.6 Å². The van der Waals surface area contributed by atoms with Crippen LogP contribution < -0.4 is 24.8 Å². The maximum Gasteiger partial charge on any atom is 0.408 e. The van der Waals surface area contributed by atoms with E-state index in [1.807, 2.05) is 39.8 Å². The summed E-state index contributed by atoms with van der Waals surface area (Å²) in [5.41, 5.74) is -0.322. The van der Waals surface area contributed by atoms with Crippen molar-refractivity contribution in [1.82, 2.24) is 30.2 Å². The molecule has 16 heteroatoms. The number of hydrogen-bond donors (Lipinski definition) is 3. The van der Waals surface area contributed by atoms with Gasteiger partial charge in [0.15, 0.2) is 0 Å². The van der Waals surface area contributed by atoms with Crippen molar-refractivity contribution < 1.29 is 41.8 Å². The Labute approximate surface area is 322 Å². The number of ether oxygens (including phenoxy) is 3. The fourth-order valence-electron chi connectivity index (χ4n) is 8.23. The van der Waals surface area contributed by atoms with Crippen LogP contribution in [0.2, 0.25) is 0 Å². The first kappa shape index (κ1) is 39.0. The normalized spacial score (nSPS) is 31.4. The number of benzene rings is 1. The number of carbonyl (C=O) groups is 4. The summed E-state index contributed by atoms with van der Waals surface area (Å²) in [4.78, 5) is 67.5. The molecule has 3 N–H and O–H groups in total. The fraction of sp³-hybridized carbons (Fsp3) is 0.692. The lowest BCUT2D eigenvalue weighted by atomic mass is 9.85. The first-order chi connectivity index (χ1) is 26.0. The van der Waals surface area contributed by atoms with Gasteiger partial charge in [-0.2, -0.15) is 0 Å². The van der Waals surface area contributed by atoms with Crippen LogP contribution in [0.15, 0.2) is 18.2 Å². The summed E-state index contributed by atoms with van der Waals surface area (Å²) in [5, 5.41) is 5.11. The van der Waals surface area contributed by atoms with Crippen molar-refractivity contribution in [1.29, 1.82) is 0 Å². The zero-order valence-electron chi connectivity index (χ0n) is 32.6. The highest BCUT2D eigenvalue weighted by atomic mass is 32.2. The van der Waals surface area contributed by atoms with E-state index >= 15 is 0 Å². The van der Waals surface area contributed by atoms with Crippen LogP contribution in [-0.2, 0) is 35.6 Å². The predicted molar refractivity (Wildman–Crippen MR) is 201 cm³/mol. The lowest BCUT2D eigenvalue weighted by molar-refractivity contribution is -0.143. The molecule has 1 aromatic carbocycles. The molecule has 3 heterocycles. The molecule has 4 amide bonds. The van der Waals surface area contributed by atoms with Crippen molar-refractivity contribution in [3.8, 4) is 11.6 Å². The molecule has 5 aliphatic rings. The van der Waals surface area contributed by atoms with Gasteiger partial charge in [0.1, 0.15) is 41.3 Å². The number of nitrogens with one attached hydrogen (secondary N) is 3. The highest BCUT2D eigenvalue weighted by Crippen LogP contribution is 2.47. The third kappa shape index (κ3) is 8.06. The van der Waals surface area contributed by atoms with Crippen LogP contribution in [0.4, 0.5) is 4.79 Å². The molecule has 1 unspecified atom stereocenters. The molecule has 2 aliphatic heterocycles. The minimum atomic E-state index is -3.88. The summed E-state index contributed by atoms with van der Waals surface area (Å²) in [7, 11) is -2.30. The molecular weight excluding hydrogens is 729 g/mol. The quantitative estimate of drug-likeness (QED) is 0.370. The average Bonchev–Trinajstić information content (AvgIpc) is 4.04. The molecule has 7 rings (SSSR count). The summed E-state index contributed by atoms with van der Waals surface area (Å²) < 4.78 is 45.7. The minimum Gasteiger partial charge on any atom is -0.497 e. The Kier molecular flexibility index (Phi) is 10.4. The van der Waals surface area contributed by atoms with Crippen molar-refractivity contribution in [2.24, 2.45) is 23.2 Å². The number of hydrogen-bond acceptors (Lipinski definition) is 11. The van der Waals surface area contributed by atoms with Gasteiger partial charge in [0.2, 0.25) is 27.7 Å². The number of sulfonamides is 1. The van der Waals surface area contributed by atoms with Crippen molar-refractivity contribution >= 4 is 44.9 Å². The number of aromatic nitrogens is 2. The van der Waals surface area contributed by atoms with Gasteiger partial charge in [0.25, 0.3) is 5.91 Å². The average molecular weight is 783 g/mol. The zero-order valence-corrected chi connectivity index (χ0v) is 33.4.